The highest BCUT2D eigenvalue weighted by atomic mass is 16.5. The quantitative estimate of drug-likeness (QED) is 0.553. The predicted octanol–water partition coefficient (Wildman–Crippen LogP) is 2.45. The molecule has 1 aliphatic carbocycles. The fourth-order valence-electron chi connectivity index (χ4n) is 2.16. The Morgan fingerprint density at radius 1 is 0.833 bits per heavy atom. The summed E-state index contributed by atoms with van der Waals surface area (Å²) in [4.78, 5) is 0. The zero-order valence-corrected chi connectivity index (χ0v) is 7.42. The zero-order valence-electron chi connectivity index (χ0n) is 7.42. The zero-order chi connectivity index (χ0) is 8.28. The third-order valence-electron chi connectivity index (χ3n) is 2.94. The fourth-order valence-corrected chi connectivity index (χ4v) is 2.16. The van der Waals surface area contributed by atoms with Crippen LogP contribution in [0.3, 0.4) is 0 Å². The standard InChI is InChI=1S/C10H16O2/c1-2-4-10(5-3-1)8-11-6-7-12-9-10/h6-7H,1-5,8-9H2. The minimum Gasteiger partial charge on any atom is -0.497 e. The lowest BCUT2D eigenvalue weighted by Crippen LogP contribution is -2.32. The second-order valence-corrected chi connectivity index (χ2v) is 3.95. The molecule has 1 fully saturated rings. The van der Waals surface area contributed by atoms with Crippen LogP contribution < -0.4 is 0 Å². The molecule has 1 aliphatic heterocycles. The second kappa shape index (κ2) is 3.38. The molecular weight excluding hydrogens is 152 g/mol. The van der Waals surface area contributed by atoms with Gasteiger partial charge < -0.3 is 9.47 Å². The van der Waals surface area contributed by atoms with Gasteiger partial charge in [-0.2, -0.15) is 0 Å². The molecule has 0 aromatic heterocycles. The monoisotopic (exact) mass is 168 g/mol. The highest BCUT2D eigenvalue weighted by Gasteiger charge is 2.34. The molecule has 1 heterocycles. The van der Waals surface area contributed by atoms with Gasteiger partial charge in [0, 0.05) is 5.41 Å². The minimum atomic E-state index is 0.335. The normalized spacial score (nSPS) is 27.3. The highest BCUT2D eigenvalue weighted by Crippen LogP contribution is 2.37. The number of hydrogen-bond acceptors (Lipinski definition) is 2. The molecule has 1 saturated carbocycles. The van der Waals surface area contributed by atoms with Crippen molar-refractivity contribution in [3.63, 3.8) is 0 Å². The first-order valence-corrected chi connectivity index (χ1v) is 4.80. The van der Waals surface area contributed by atoms with Crippen LogP contribution in [0.2, 0.25) is 0 Å². The van der Waals surface area contributed by atoms with E-state index in [1.54, 1.807) is 12.5 Å². The number of rotatable bonds is 0. The van der Waals surface area contributed by atoms with Gasteiger partial charge >= 0.3 is 0 Å². The fraction of sp³-hybridized carbons (Fsp3) is 0.800. The Morgan fingerprint density at radius 3 is 2.00 bits per heavy atom. The average molecular weight is 168 g/mol. The van der Waals surface area contributed by atoms with Crippen molar-refractivity contribution in [1.82, 2.24) is 0 Å². The van der Waals surface area contributed by atoms with Crippen molar-refractivity contribution in [3.8, 4) is 0 Å². The van der Waals surface area contributed by atoms with Crippen LogP contribution in [0.15, 0.2) is 12.5 Å². The summed E-state index contributed by atoms with van der Waals surface area (Å²) < 4.78 is 10.8. The molecule has 2 nitrogen and oxygen atoms in total. The molecule has 0 atom stereocenters. The summed E-state index contributed by atoms with van der Waals surface area (Å²) >= 11 is 0. The van der Waals surface area contributed by atoms with E-state index in [1.165, 1.54) is 32.1 Å². The largest absolute Gasteiger partial charge is 0.497 e. The Balaban J connectivity index is 1.98. The van der Waals surface area contributed by atoms with Gasteiger partial charge in [-0.25, -0.2) is 0 Å². The van der Waals surface area contributed by atoms with Gasteiger partial charge in [-0.1, -0.05) is 19.3 Å². The van der Waals surface area contributed by atoms with Crippen LogP contribution in [0.1, 0.15) is 32.1 Å². The van der Waals surface area contributed by atoms with Gasteiger partial charge in [-0.3, -0.25) is 0 Å². The Kier molecular flexibility index (Phi) is 2.24. The van der Waals surface area contributed by atoms with Gasteiger partial charge in [0.25, 0.3) is 0 Å². The molecule has 0 unspecified atom stereocenters. The molecule has 0 saturated heterocycles. The molecule has 0 amide bonds. The van der Waals surface area contributed by atoms with Gasteiger partial charge in [-0.05, 0) is 12.8 Å². The summed E-state index contributed by atoms with van der Waals surface area (Å²) in [5, 5.41) is 0. The topological polar surface area (TPSA) is 18.5 Å². The maximum absolute atomic E-state index is 5.38. The Bertz CT molecular complexity index is 157. The van der Waals surface area contributed by atoms with Crippen molar-refractivity contribution in [2.45, 2.75) is 32.1 Å². The van der Waals surface area contributed by atoms with E-state index >= 15 is 0 Å². The number of hydrogen-bond donors (Lipinski definition) is 0. The van der Waals surface area contributed by atoms with E-state index in [2.05, 4.69) is 0 Å². The lowest BCUT2D eigenvalue weighted by atomic mass is 9.75. The van der Waals surface area contributed by atoms with Crippen LogP contribution >= 0.6 is 0 Å². The van der Waals surface area contributed by atoms with E-state index in [-0.39, 0.29) is 0 Å². The van der Waals surface area contributed by atoms with E-state index in [0.29, 0.717) is 5.41 Å². The van der Waals surface area contributed by atoms with Crippen molar-refractivity contribution < 1.29 is 9.47 Å². The molecular formula is C10H16O2. The predicted molar refractivity (Wildman–Crippen MR) is 46.6 cm³/mol. The molecule has 2 aliphatic rings. The smallest absolute Gasteiger partial charge is 0.117 e. The molecule has 0 aromatic carbocycles. The Labute approximate surface area is 73.5 Å². The third-order valence-corrected chi connectivity index (χ3v) is 2.94. The van der Waals surface area contributed by atoms with E-state index in [0.717, 1.165) is 13.2 Å². The van der Waals surface area contributed by atoms with Crippen molar-refractivity contribution in [1.29, 1.82) is 0 Å². The summed E-state index contributed by atoms with van der Waals surface area (Å²) in [5.41, 5.74) is 0.335. The lowest BCUT2D eigenvalue weighted by Gasteiger charge is -2.34. The molecule has 1 spiro atoms. The van der Waals surface area contributed by atoms with Crippen LogP contribution in [-0.2, 0) is 9.47 Å². The van der Waals surface area contributed by atoms with E-state index in [9.17, 15) is 0 Å². The van der Waals surface area contributed by atoms with E-state index < -0.39 is 0 Å². The maximum atomic E-state index is 5.38. The summed E-state index contributed by atoms with van der Waals surface area (Å²) in [7, 11) is 0. The Hall–Kier alpha value is -0.660. The molecule has 0 bridgehead atoms. The van der Waals surface area contributed by atoms with E-state index in [1.807, 2.05) is 0 Å². The SMILES string of the molecule is C1=COCC2(CCCCC2)CO1. The first kappa shape index (κ1) is 7.96. The Morgan fingerprint density at radius 2 is 1.42 bits per heavy atom. The summed E-state index contributed by atoms with van der Waals surface area (Å²) in [6.45, 7) is 1.70. The van der Waals surface area contributed by atoms with Crippen LogP contribution in [0.5, 0.6) is 0 Å². The van der Waals surface area contributed by atoms with Crippen LogP contribution in [0.4, 0.5) is 0 Å². The van der Waals surface area contributed by atoms with Gasteiger partial charge in [0.2, 0.25) is 0 Å². The second-order valence-electron chi connectivity index (χ2n) is 3.95. The first-order valence-electron chi connectivity index (χ1n) is 4.80. The minimum absolute atomic E-state index is 0.335. The molecule has 2 rings (SSSR count). The van der Waals surface area contributed by atoms with Gasteiger partial charge in [-0.15, -0.1) is 0 Å². The van der Waals surface area contributed by atoms with Crippen molar-refractivity contribution in [3.05, 3.63) is 12.5 Å². The molecule has 2 heteroatoms. The van der Waals surface area contributed by atoms with Crippen LogP contribution in [0.25, 0.3) is 0 Å². The van der Waals surface area contributed by atoms with Gasteiger partial charge in [0.05, 0.1) is 13.2 Å². The first-order chi connectivity index (χ1) is 5.91. The van der Waals surface area contributed by atoms with Crippen molar-refractivity contribution in [2.24, 2.45) is 5.41 Å². The molecule has 0 N–H and O–H groups in total. The van der Waals surface area contributed by atoms with Gasteiger partial charge in [0.15, 0.2) is 0 Å². The van der Waals surface area contributed by atoms with Crippen LogP contribution in [-0.4, -0.2) is 13.2 Å². The summed E-state index contributed by atoms with van der Waals surface area (Å²) in [5.74, 6) is 0. The van der Waals surface area contributed by atoms with E-state index in [4.69, 9.17) is 9.47 Å². The summed E-state index contributed by atoms with van der Waals surface area (Å²) in [6.07, 6.45) is 9.95. The molecule has 0 aromatic rings. The highest BCUT2D eigenvalue weighted by molar-refractivity contribution is 4.86. The maximum Gasteiger partial charge on any atom is 0.117 e. The third kappa shape index (κ3) is 1.57. The lowest BCUT2D eigenvalue weighted by molar-refractivity contribution is 0.0310. The molecule has 12 heavy (non-hydrogen) atoms. The van der Waals surface area contributed by atoms with Gasteiger partial charge in [0.1, 0.15) is 12.5 Å². The number of ether oxygens (including phenoxy) is 2. The summed E-state index contributed by atoms with van der Waals surface area (Å²) in [6, 6.07) is 0. The van der Waals surface area contributed by atoms with Crippen molar-refractivity contribution >= 4 is 0 Å². The average Bonchev–Trinajstić information content (AvgIpc) is 2.33. The molecule has 0 radical (unpaired) electrons. The van der Waals surface area contributed by atoms with Crippen molar-refractivity contribution in [2.75, 3.05) is 13.2 Å². The molecule has 68 valence electrons. The van der Waals surface area contributed by atoms with Crippen LogP contribution in [0, 0.1) is 5.41 Å².